The van der Waals surface area contributed by atoms with Gasteiger partial charge in [0.1, 0.15) is 5.75 Å². The lowest BCUT2D eigenvalue weighted by Crippen LogP contribution is -2.58. The Morgan fingerprint density at radius 3 is 2.47 bits per heavy atom. The second-order valence-corrected chi connectivity index (χ2v) is 5.25. The van der Waals surface area contributed by atoms with Crippen LogP contribution < -0.4 is 10.5 Å². The zero-order valence-corrected chi connectivity index (χ0v) is 11.7. The predicted octanol–water partition coefficient (Wildman–Crippen LogP) is 1.93. The molecule has 0 aromatic heterocycles. The first-order valence-electron chi connectivity index (χ1n) is 6.81. The van der Waals surface area contributed by atoms with E-state index in [0.29, 0.717) is 13.2 Å². The minimum absolute atomic E-state index is 0.0487. The molecule has 0 bridgehead atoms. The van der Waals surface area contributed by atoms with Gasteiger partial charge in [-0.1, -0.05) is 12.1 Å². The van der Waals surface area contributed by atoms with Crippen molar-refractivity contribution < 1.29 is 9.53 Å². The number of rotatable bonds is 5. The number of carbonyl (C=O) groups is 1. The number of nitrogens with two attached hydrogens (primary N) is 1. The molecule has 1 aliphatic rings. The number of likely N-dealkylation sites (N-methyl/N-ethyl adjacent to an activating group) is 1. The minimum Gasteiger partial charge on any atom is -0.494 e. The van der Waals surface area contributed by atoms with Gasteiger partial charge >= 0.3 is 0 Å². The van der Waals surface area contributed by atoms with Crippen LogP contribution in [-0.2, 0) is 11.3 Å². The Hall–Kier alpha value is -1.55. The Morgan fingerprint density at radius 2 is 2.00 bits per heavy atom. The molecule has 104 valence electrons. The van der Waals surface area contributed by atoms with Crippen LogP contribution in [0.5, 0.6) is 5.75 Å². The Labute approximate surface area is 114 Å². The Balaban J connectivity index is 1.94. The van der Waals surface area contributed by atoms with E-state index in [4.69, 9.17) is 10.5 Å². The van der Waals surface area contributed by atoms with Gasteiger partial charge in [0.2, 0.25) is 5.91 Å². The highest BCUT2D eigenvalue weighted by molar-refractivity contribution is 5.86. The topological polar surface area (TPSA) is 55.6 Å². The largest absolute Gasteiger partial charge is 0.494 e. The lowest BCUT2D eigenvalue weighted by atomic mass is 9.76. The molecule has 0 unspecified atom stereocenters. The van der Waals surface area contributed by atoms with E-state index in [1.54, 1.807) is 4.90 Å². The first-order valence-corrected chi connectivity index (χ1v) is 6.81. The van der Waals surface area contributed by atoms with Gasteiger partial charge in [0.25, 0.3) is 0 Å². The lowest BCUT2D eigenvalue weighted by Gasteiger charge is -2.39. The number of carbonyl (C=O) groups excluding carboxylic acids is 1. The summed E-state index contributed by atoms with van der Waals surface area (Å²) in [6.07, 6.45) is 2.66. The fraction of sp³-hybridized carbons (Fsp3) is 0.533. The molecule has 0 heterocycles. The summed E-state index contributed by atoms with van der Waals surface area (Å²) < 4.78 is 5.39. The second kappa shape index (κ2) is 5.61. The van der Waals surface area contributed by atoms with Crippen molar-refractivity contribution >= 4 is 5.91 Å². The van der Waals surface area contributed by atoms with Gasteiger partial charge in [0, 0.05) is 13.6 Å². The summed E-state index contributed by atoms with van der Waals surface area (Å²) in [5, 5.41) is 0. The van der Waals surface area contributed by atoms with Crippen LogP contribution in [0.3, 0.4) is 0 Å². The van der Waals surface area contributed by atoms with Gasteiger partial charge in [0.15, 0.2) is 0 Å². The quantitative estimate of drug-likeness (QED) is 0.882. The molecule has 4 heteroatoms. The highest BCUT2D eigenvalue weighted by atomic mass is 16.5. The van der Waals surface area contributed by atoms with E-state index < -0.39 is 5.54 Å². The highest BCUT2D eigenvalue weighted by Gasteiger charge is 2.41. The Morgan fingerprint density at radius 1 is 1.37 bits per heavy atom. The van der Waals surface area contributed by atoms with Crippen molar-refractivity contribution in [2.75, 3.05) is 13.7 Å². The van der Waals surface area contributed by atoms with Crippen LogP contribution in [-0.4, -0.2) is 30.0 Å². The van der Waals surface area contributed by atoms with Crippen molar-refractivity contribution in [3.63, 3.8) is 0 Å². The van der Waals surface area contributed by atoms with Crippen LogP contribution >= 0.6 is 0 Å². The fourth-order valence-electron chi connectivity index (χ4n) is 2.36. The van der Waals surface area contributed by atoms with Gasteiger partial charge in [-0.05, 0) is 43.9 Å². The standard InChI is InChI=1S/C15H22N2O2/c1-3-19-13-7-5-12(6-8-13)11-17(2)14(18)15(16)9-4-10-15/h5-8H,3-4,9-11,16H2,1-2H3. The molecule has 0 spiro atoms. The summed E-state index contributed by atoms with van der Waals surface area (Å²) in [6.45, 7) is 3.21. The van der Waals surface area contributed by atoms with Crippen molar-refractivity contribution in [2.45, 2.75) is 38.3 Å². The van der Waals surface area contributed by atoms with Crippen molar-refractivity contribution in [3.8, 4) is 5.75 Å². The average molecular weight is 262 g/mol. The van der Waals surface area contributed by atoms with Gasteiger partial charge < -0.3 is 15.4 Å². The summed E-state index contributed by atoms with van der Waals surface area (Å²) >= 11 is 0. The van der Waals surface area contributed by atoms with E-state index in [0.717, 1.165) is 30.6 Å². The van der Waals surface area contributed by atoms with Gasteiger partial charge in [0.05, 0.1) is 12.1 Å². The van der Waals surface area contributed by atoms with Crippen LogP contribution in [0.15, 0.2) is 24.3 Å². The third-order valence-electron chi connectivity index (χ3n) is 3.67. The van der Waals surface area contributed by atoms with E-state index >= 15 is 0 Å². The molecule has 2 N–H and O–H groups in total. The second-order valence-electron chi connectivity index (χ2n) is 5.25. The normalized spacial score (nSPS) is 16.6. The molecule has 1 fully saturated rings. The van der Waals surface area contributed by atoms with Gasteiger partial charge in [-0.2, -0.15) is 0 Å². The maximum atomic E-state index is 12.2. The van der Waals surface area contributed by atoms with E-state index in [-0.39, 0.29) is 5.91 Å². The monoisotopic (exact) mass is 262 g/mol. The maximum absolute atomic E-state index is 12.2. The number of ether oxygens (including phenoxy) is 1. The van der Waals surface area contributed by atoms with Crippen molar-refractivity contribution in [2.24, 2.45) is 5.73 Å². The molecule has 0 saturated heterocycles. The predicted molar refractivity (Wildman–Crippen MR) is 74.9 cm³/mol. The minimum atomic E-state index is -0.611. The zero-order valence-electron chi connectivity index (χ0n) is 11.7. The van der Waals surface area contributed by atoms with Gasteiger partial charge in [-0.3, -0.25) is 4.79 Å². The van der Waals surface area contributed by atoms with Crippen molar-refractivity contribution in [1.82, 2.24) is 4.90 Å². The van der Waals surface area contributed by atoms with Crippen LogP contribution in [0.25, 0.3) is 0 Å². The van der Waals surface area contributed by atoms with E-state index in [1.165, 1.54) is 0 Å². The molecular weight excluding hydrogens is 240 g/mol. The molecule has 1 aromatic carbocycles. The number of amides is 1. The molecule has 1 aromatic rings. The molecular formula is C15H22N2O2. The third-order valence-corrected chi connectivity index (χ3v) is 3.67. The first kappa shape index (κ1) is 13.9. The lowest BCUT2D eigenvalue weighted by molar-refractivity contribution is -0.139. The SMILES string of the molecule is CCOc1ccc(CN(C)C(=O)C2(N)CCC2)cc1. The average Bonchev–Trinajstić information content (AvgIpc) is 2.37. The smallest absolute Gasteiger partial charge is 0.242 e. The van der Waals surface area contributed by atoms with Crippen molar-refractivity contribution in [1.29, 1.82) is 0 Å². The molecule has 1 saturated carbocycles. The number of nitrogens with zero attached hydrogens (tertiary/aromatic N) is 1. The van der Waals surface area contributed by atoms with E-state index in [9.17, 15) is 4.79 Å². The van der Waals surface area contributed by atoms with Crippen LogP contribution in [0.1, 0.15) is 31.7 Å². The van der Waals surface area contributed by atoms with Gasteiger partial charge in [-0.25, -0.2) is 0 Å². The first-order chi connectivity index (χ1) is 9.05. The molecule has 1 amide bonds. The molecule has 1 aliphatic carbocycles. The van der Waals surface area contributed by atoms with Crippen molar-refractivity contribution in [3.05, 3.63) is 29.8 Å². The molecule has 0 aliphatic heterocycles. The third kappa shape index (κ3) is 3.07. The number of hydrogen-bond donors (Lipinski definition) is 1. The zero-order chi connectivity index (χ0) is 13.9. The van der Waals surface area contributed by atoms with Crippen LogP contribution in [0.2, 0.25) is 0 Å². The summed E-state index contributed by atoms with van der Waals surface area (Å²) in [5.41, 5.74) is 6.53. The summed E-state index contributed by atoms with van der Waals surface area (Å²) in [7, 11) is 1.81. The molecule has 0 atom stereocenters. The summed E-state index contributed by atoms with van der Waals surface area (Å²) in [6, 6.07) is 7.83. The Kier molecular flexibility index (Phi) is 4.10. The van der Waals surface area contributed by atoms with Crippen LogP contribution in [0, 0.1) is 0 Å². The molecule has 0 radical (unpaired) electrons. The number of benzene rings is 1. The number of hydrogen-bond acceptors (Lipinski definition) is 3. The Bertz CT molecular complexity index is 438. The summed E-state index contributed by atoms with van der Waals surface area (Å²) in [4.78, 5) is 13.9. The van der Waals surface area contributed by atoms with E-state index in [2.05, 4.69) is 0 Å². The van der Waals surface area contributed by atoms with Gasteiger partial charge in [-0.15, -0.1) is 0 Å². The van der Waals surface area contributed by atoms with E-state index in [1.807, 2.05) is 38.2 Å². The fourth-order valence-corrected chi connectivity index (χ4v) is 2.36. The molecule has 4 nitrogen and oxygen atoms in total. The molecule has 2 rings (SSSR count). The van der Waals surface area contributed by atoms with Crippen LogP contribution in [0.4, 0.5) is 0 Å². The highest BCUT2D eigenvalue weighted by Crippen LogP contribution is 2.31. The maximum Gasteiger partial charge on any atom is 0.242 e. The summed E-state index contributed by atoms with van der Waals surface area (Å²) in [5.74, 6) is 0.905. The molecule has 19 heavy (non-hydrogen) atoms.